The van der Waals surface area contributed by atoms with Gasteiger partial charge in [-0.1, -0.05) is 6.07 Å². The number of hydrogen-bond acceptors (Lipinski definition) is 3. The summed E-state index contributed by atoms with van der Waals surface area (Å²) in [5.41, 5.74) is 1.12. The molecule has 1 aromatic carbocycles. The minimum Gasteiger partial charge on any atom is -0.294 e. The molecule has 0 aliphatic carbocycles. The van der Waals surface area contributed by atoms with Crippen LogP contribution >= 0.6 is 10.6 Å². The van der Waals surface area contributed by atoms with E-state index in [1.807, 2.05) is 0 Å². The third-order valence-corrected chi connectivity index (χ3v) is 3.75. The molecule has 0 saturated carbocycles. The average molecular weight is 197 g/mol. The van der Waals surface area contributed by atoms with Gasteiger partial charge in [0.15, 0.2) is 5.78 Å². The highest BCUT2D eigenvalue weighted by atomic mass is 32.3. The molecule has 4 heteroatoms. The predicted molar refractivity (Wildman–Crippen MR) is 51.2 cm³/mol. The largest absolute Gasteiger partial charge is 0.294 e. The highest BCUT2D eigenvalue weighted by molar-refractivity contribution is 8.25. The monoisotopic (exact) mass is 197 g/mol. The number of carbonyl (C=O) groups is 1. The molecule has 1 aliphatic rings. The van der Waals surface area contributed by atoms with Gasteiger partial charge in [-0.2, -0.15) is 10.6 Å². The molecule has 0 bridgehead atoms. The number of ketones is 1. The van der Waals surface area contributed by atoms with Crippen LogP contribution in [0, 0.1) is 6.92 Å². The summed E-state index contributed by atoms with van der Waals surface area (Å²) >= 11 is 0. The van der Waals surface area contributed by atoms with E-state index in [9.17, 15) is 13.9 Å². The lowest BCUT2D eigenvalue weighted by molar-refractivity contribution is 0.102. The molecule has 0 spiro atoms. The van der Waals surface area contributed by atoms with Crippen LogP contribution < -0.4 is 0 Å². The minimum absolute atomic E-state index is 0.175. The van der Waals surface area contributed by atoms with Crippen molar-refractivity contribution >= 4 is 16.4 Å². The van der Waals surface area contributed by atoms with Crippen LogP contribution in [-0.4, -0.2) is 20.6 Å². The quantitative estimate of drug-likeness (QED) is 0.670. The Kier molecular flexibility index (Phi) is 1.73. The first-order valence-electron chi connectivity index (χ1n) is 3.76. The van der Waals surface area contributed by atoms with Crippen molar-refractivity contribution in [1.29, 1.82) is 0 Å². The minimum atomic E-state index is -2.85. The van der Waals surface area contributed by atoms with E-state index in [0.29, 0.717) is 16.0 Å². The van der Waals surface area contributed by atoms with E-state index < -0.39 is 10.6 Å². The highest BCUT2D eigenvalue weighted by Crippen LogP contribution is 2.54. The lowest BCUT2D eigenvalue weighted by atomic mass is 10.1. The first-order valence-corrected chi connectivity index (χ1v) is 5.47. The zero-order chi connectivity index (χ0) is 9.64. The van der Waals surface area contributed by atoms with Crippen molar-refractivity contribution in [1.82, 2.24) is 0 Å². The number of fused-ring (bicyclic) bond motifs is 1. The summed E-state index contributed by atoms with van der Waals surface area (Å²) in [5.74, 6) is -0.383. The molecule has 0 unspecified atom stereocenters. The number of benzene rings is 1. The fourth-order valence-electron chi connectivity index (χ4n) is 1.42. The highest BCUT2D eigenvalue weighted by Gasteiger charge is 2.33. The molecule has 0 amide bonds. The van der Waals surface area contributed by atoms with E-state index in [1.54, 1.807) is 18.2 Å². The van der Waals surface area contributed by atoms with Crippen molar-refractivity contribution in [2.24, 2.45) is 0 Å². The van der Waals surface area contributed by atoms with Crippen molar-refractivity contribution in [3.8, 4) is 0 Å². The molecule has 69 valence electrons. The van der Waals surface area contributed by atoms with Crippen LogP contribution in [0.2, 0.25) is 0 Å². The Morgan fingerprint density at radius 3 is 2.77 bits per heavy atom. The number of carbonyl (C=O) groups excluding carboxylic acids is 1. The Balaban J connectivity index is 2.66. The zero-order valence-electron chi connectivity index (χ0n) is 6.86. The maximum absolute atomic E-state index is 11.3. The maximum atomic E-state index is 11.3. The van der Waals surface area contributed by atoms with Gasteiger partial charge >= 0.3 is 0 Å². The van der Waals surface area contributed by atoms with Gasteiger partial charge in [0, 0.05) is 5.56 Å². The Labute approximate surface area is 77.7 Å². The summed E-state index contributed by atoms with van der Waals surface area (Å²) in [4.78, 5) is 11.7. The second-order valence-corrected chi connectivity index (χ2v) is 5.13. The first-order chi connectivity index (χ1) is 6.00. The van der Waals surface area contributed by atoms with Gasteiger partial charge in [0.05, 0.1) is 4.90 Å². The third-order valence-electron chi connectivity index (χ3n) is 2.03. The summed E-state index contributed by atoms with van der Waals surface area (Å²) < 4.78 is 19.0. The fourth-order valence-corrected chi connectivity index (χ4v) is 2.91. The van der Waals surface area contributed by atoms with Gasteiger partial charge in [-0.05, 0) is 24.6 Å². The molecular weight excluding hydrogens is 188 g/mol. The summed E-state index contributed by atoms with van der Waals surface area (Å²) in [5, 5.41) is 0. The summed E-state index contributed by atoms with van der Waals surface area (Å²) in [6.45, 7) is 3.67. The molecule has 0 aromatic heterocycles. The van der Waals surface area contributed by atoms with E-state index >= 15 is 0 Å². The van der Waals surface area contributed by atoms with Crippen LogP contribution in [0.15, 0.2) is 23.1 Å². The number of rotatable bonds is 0. The van der Waals surface area contributed by atoms with E-state index in [1.165, 1.54) is 0 Å². The maximum Gasteiger partial charge on any atom is 0.184 e. The number of Topliss-reactive ketones (excluding diaryl/α,β-unsaturated/α-hetero) is 1. The summed E-state index contributed by atoms with van der Waals surface area (Å²) in [7, 11) is -2.85. The Morgan fingerprint density at radius 1 is 1.38 bits per heavy atom. The zero-order valence-corrected chi connectivity index (χ0v) is 7.67. The topological polar surface area (TPSA) is 57.5 Å². The summed E-state index contributed by atoms with van der Waals surface area (Å²) in [6.07, 6.45) is 0. The Morgan fingerprint density at radius 2 is 2.08 bits per heavy atom. The van der Waals surface area contributed by atoms with Crippen molar-refractivity contribution in [2.45, 2.75) is 4.90 Å². The van der Waals surface area contributed by atoms with Crippen LogP contribution in [0.25, 0.3) is 0 Å². The average Bonchev–Trinajstić information content (AvgIpc) is 2.22. The molecule has 0 fully saturated rings. The molecule has 1 aliphatic heterocycles. The second kappa shape index (κ2) is 2.57. The van der Waals surface area contributed by atoms with Crippen LogP contribution in [0.5, 0.6) is 0 Å². The molecule has 2 N–H and O–H groups in total. The van der Waals surface area contributed by atoms with Gasteiger partial charge in [-0.15, -0.1) is 0 Å². The number of hydrogen-bond donors (Lipinski definition) is 2. The van der Waals surface area contributed by atoms with Crippen LogP contribution in [0.1, 0.15) is 15.9 Å². The predicted octanol–water partition coefficient (Wildman–Crippen LogP) is 2.17. The second-order valence-electron chi connectivity index (χ2n) is 3.06. The molecule has 2 rings (SSSR count). The SMILES string of the molecule is [CH2]c1ccc2c(c1)C(=O)CS2(O)O. The van der Waals surface area contributed by atoms with Crippen LogP contribution in [-0.2, 0) is 0 Å². The van der Waals surface area contributed by atoms with E-state index in [0.717, 1.165) is 0 Å². The molecule has 1 aromatic rings. The van der Waals surface area contributed by atoms with Crippen LogP contribution in [0.4, 0.5) is 0 Å². The lowest BCUT2D eigenvalue weighted by Gasteiger charge is -2.25. The molecule has 3 nitrogen and oxygen atoms in total. The van der Waals surface area contributed by atoms with Gasteiger partial charge in [0.25, 0.3) is 0 Å². The molecule has 0 atom stereocenters. The van der Waals surface area contributed by atoms with Gasteiger partial charge in [0.1, 0.15) is 5.75 Å². The fraction of sp³-hybridized carbons (Fsp3) is 0.111. The van der Waals surface area contributed by atoms with E-state index in [4.69, 9.17) is 0 Å². The molecule has 0 saturated heterocycles. The Hall–Kier alpha value is -0.840. The van der Waals surface area contributed by atoms with Gasteiger partial charge < -0.3 is 0 Å². The Bertz CT molecular complexity index is 384. The van der Waals surface area contributed by atoms with Crippen molar-refractivity contribution < 1.29 is 13.9 Å². The molecule has 13 heavy (non-hydrogen) atoms. The van der Waals surface area contributed by atoms with Crippen LogP contribution in [0.3, 0.4) is 0 Å². The molecule has 1 heterocycles. The standard InChI is InChI=1S/C9H9O3S/c1-6-2-3-9-7(4-6)8(10)5-13(9,11)12/h2-4,11-12H,1,5H2. The third kappa shape index (κ3) is 1.27. The summed E-state index contributed by atoms with van der Waals surface area (Å²) in [6, 6.07) is 4.84. The molecule has 1 radical (unpaired) electrons. The van der Waals surface area contributed by atoms with Gasteiger partial charge in [-0.3, -0.25) is 13.9 Å². The van der Waals surface area contributed by atoms with Crippen molar-refractivity contribution in [3.05, 3.63) is 36.2 Å². The smallest absolute Gasteiger partial charge is 0.184 e. The normalized spacial score (nSPS) is 21.3. The molecular formula is C9H9O3S. The van der Waals surface area contributed by atoms with Gasteiger partial charge in [0.2, 0.25) is 0 Å². The van der Waals surface area contributed by atoms with E-state index in [-0.39, 0.29) is 11.5 Å². The first kappa shape index (κ1) is 8.74. The van der Waals surface area contributed by atoms with Gasteiger partial charge in [-0.25, -0.2) is 0 Å². The van der Waals surface area contributed by atoms with Crippen molar-refractivity contribution in [2.75, 3.05) is 5.75 Å². The van der Waals surface area contributed by atoms with E-state index in [2.05, 4.69) is 6.92 Å². The lowest BCUT2D eigenvalue weighted by Crippen LogP contribution is -2.00. The van der Waals surface area contributed by atoms with Crippen molar-refractivity contribution in [3.63, 3.8) is 0 Å².